The molecule has 124 valence electrons. The van der Waals surface area contributed by atoms with E-state index >= 15 is 0 Å². The van der Waals surface area contributed by atoms with Crippen molar-refractivity contribution in [2.45, 2.75) is 33.4 Å². The number of rotatable bonds is 6. The third kappa shape index (κ3) is 3.15. The second-order valence-corrected chi connectivity index (χ2v) is 4.89. The average molecular weight is 322 g/mol. The van der Waals surface area contributed by atoms with Crippen LogP contribution in [0.1, 0.15) is 25.6 Å². The molecule has 23 heavy (non-hydrogen) atoms. The molecule has 1 amide bonds. The normalized spacial score (nSPS) is 12.0. The van der Waals surface area contributed by atoms with Crippen molar-refractivity contribution in [1.29, 1.82) is 0 Å². The van der Waals surface area contributed by atoms with Gasteiger partial charge in [-0.15, -0.1) is 5.10 Å². The maximum absolute atomic E-state index is 12.3. The Bertz CT molecular complexity index is 735. The molecule has 0 saturated heterocycles. The fraction of sp³-hybridized carbons (Fsp3) is 0.462. The van der Waals surface area contributed by atoms with Crippen LogP contribution in [-0.2, 0) is 11.3 Å². The summed E-state index contributed by atoms with van der Waals surface area (Å²) in [5, 5.41) is 21.7. The predicted octanol–water partition coefficient (Wildman–Crippen LogP) is 1.52. The van der Waals surface area contributed by atoms with Gasteiger partial charge in [0.15, 0.2) is 0 Å². The van der Waals surface area contributed by atoms with E-state index in [9.17, 15) is 14.9 Å². The van der Waals surface area contributed by atoms with E-state index in [-0.39, 0.29) is 17.5 Å². The number of methoxy groups -OCH3 is 1. The van der Waals surface area contributed by atoms with Crippen LogP contribution in [0.3, 0.4) is 0 Å². The average Bonchev–Trinajstić information content (AvgIpc) is 3.11. The summed E-state index contributed by atoms with van der Waals surface area (Å²) in [5.74, 6) is -0.492. The smallest absolute Gasteiger partial charge is 0.350 e. The molecule has 0 radical (unpaired) electrons. The number of hydrogen-bond donors (Lipinski definition) is 1. The fourth-order valence-corrected chi connectivity index (χ4v) is 2.08. The molecule has 10 heteroatoms. The Balaban J connectivity index is 2.19. The van der Waals surface area contributed by atoms with Crippen LogP contribution in [0.15, 0.2) is 12.4 Å². The number of ether oxygens (including phenoxy) is 1. The van der Waals surface area contributed by atoms with Crippen LogP contribution < -0.4 is 10.1 Å². The Hall–Kier alpha value is -2.91. The van der Waals surface area contributed by atoms with Crippen molar-refractivity contribution in [3.63, 3.8) is 0 Å². The Kier molecular flexibility index (Phi) is 4.63. The molecule has 1 atom stereocenters. The van der Waals surface area contributed by atoms with Crippen molar-refractivity contribution in [2.24, 2.45) is 0 Å². The van der Waals surface area contributed by atoms with Crippen LogP contribution in [-0.4, -0.2) is 37.5 Å². The van der Waals surface area contributed by atoms with Crippen molar-refractivity contribution in [3.8, 4) is 5.88 Å². The van der Waals surface area contributed by atoms with E-state index in [1.807, 2.05) is 13.8 Å². The highest BCUT2D eigenvalue weighted by Gasteiger charge is 2.25. The number of nitrogens with one attached hydrogen (secondary N) is 1. The maximum Gasteiger partial charge on any atom is 0.350 e. The summed E-state index contributed by atoms with van der Waals surface area (Å²) >= 11 is 0. The number of amides is 1. The lowest BCUT2D eigenvalue weighted by Gasteiger charge is -2.12. The van der Waals surface area contributed by atoms with Crippen molar-refractivity contribution in [1.82, 2.24) is 19.6 Å². The number of carbonyl (C=O) groups is 1. The van der Waals surface area contributed by atoms with Crippen LogP contribution >= 0.6 is 0 Å². The van der Waals surface area contributed by atoms with Crippen molar-refractivity contribution >= 4 is 17.3 Å². The van der Waals surface area contributed by atoms with Gasteiger partial charge >= 0.3 is 11.6 Å². The van der Waals surface area contributed by atoms with Crippen LogP contribution in [0.5, 0.6) is 5.88 Å². The van der Waals surface area contributed by atoms with Crippen LogP contribution in [0.25, 0.3) is 0 Å². The first-order valence-corrected chi connectivity index (χ1v) is 6.99. The second kappa shape index (κ2) is 6.46. The minimum Gasteiger partial charge on any atom is -0.475 e. The van der Waals surface area contributed by atoms with Gasteiger partial charge in [0.05, 0.1) is 29.6 Å². The molecule has 0 aliphatic carbocycles. The van der Waals surface area contributed by atoms with Gasteiger partial charge < -0.3 is 10.1 Å². The minimum atomic E-state index is -0.748. The summed E-state index contributed by atoms with van der Waals surface area (Å²) in [4.78, 5) is 22.6. The molecule has 0 aliphatic heterocycles. The second-order valence-electron chi connectivity index (χ2n) is 4.89. The van der Waals surface area contributed by atoms with Crippen molar-refractivity contribution < 1.29 is 14.5 Å². The van der Waals surface area contributed by atoms with E-state index in [4.69, 9.17) is 4.74 Å². The van der Waals surface area contributed by atoms with E-state index < -0.39 is 11.0 Å². The Morgan fingerprint density at radius 3 is 2.74 bits per heavy atom. The number of carbonyl (C=O) groups excluding carboxylic acids is 1. The van der Waals surface area contributed by atoms with E-state index in [1.54, 1.807) is 17.8 Å². The number of hydrogen-bond acceptors (Lipinski definition) is 6. The largest absolute Gasteiger partial charge is 0.475 e. The lowest BCUT2D eigenvalue weighted by Crippen LogP contribution is -2.24. The summed E-state index contributed by atoms with van der Waals surface area (Å²) in [6, 6.07) is -0.748. The van der Waals surface area contributed by atoms with E-state index in [2.05, 4.69) is 15.5 Å². The Morgan fingerprint density at radius 2 is 2.26 bits per heavy atom. The van der Waals surface area contributed by atoms with E-state index in [0.717, 1.165) is 5.69 Å². The molecular formula is C13H18N6O4. The third-order valence-electron chi connectivity index (χ3n) is 3.51. The molecule has 10 nitrogen and oxygen atoms in total. The molecule has 0 aliphatic rings. The highest BCUT2D eigenvalue weighted by atomic mass is 16.6. The van der Waals surface area contributed by atoms with Crippen LogP contribution in [0.2, 0.25) is 0 Å². The summed E-state index contributed by atoms with van der Waals surface area (Å²) < 4.78 is 7.81. The first kappa shape index (κ1) is 16.5. The predicted molar refractivity (Wildman–Crippen MR) is 81.4 cm³/mol. The summed E-state index contributed by atoms with van der Waals surface area (Å²) in [5.41, 5.74) is 1.14. The molecule has 0 aromatic carbocycles. The standard InChI is InChI=1S/C13H18N6O4/c1-5-17-8(2)10(6-14-17)15-12(20)9(3)18-7-11(19(21)22)13(16-18)23-4/h6-7,9H,5H2,1-4H3,(H,15,20). The molecule has 0 spiro atoms. The van der Waals surface area contributed by atoms with Crippen LogP contribution in [0.4, 0.5) is 11.4 Å². The van der Waals surface area contributed by atoms with Gasteiger partial charge in [-0.2, -0.15) is 5.10 Å². The molecule has 0 saturated carbocycles. The Labute approximate surface area is 132 Å². The molecule has 2 aromatic heterocycles. The van der Waals surface area contributed by atoms with Gasteiger partial charge in [0, 0.05) is 6.54 Å². The lowest BCUT2D eigenvalue weighted by molar-refractivity contribution is -0.385. The van der Waals surface area contributed by atoms with Crippen molar-refractivity contribution in [3.05, 3.63) is 28.2 Å². The van der Waals surface area contributed by atoms with Gasteiger partial charge in [-0.1, -0.05) is 0 Å². The van der Waals surface area contributed by atoms with E-state index in [1.165, 1.54) is 18.0 Å². The summed E-state index contributed by atoms with van der Waals surface area (Å²) in [6.07, 6.45) is 2.74. The number of anilines is 1. The van der Waals surface area contributed by atoms with Gasteiger partial charge in [0.2, 0.25) is 5.91 Å². The van der Waals surface area contributed by atoms with Crippen molar-refractivity contribution in [2.75, 3.05) is 12.4 Å². The molecule has 0 bridgehead atoms. The minimum absolute atomic E-state index is 0.135. The van der Waals surface area contributed by atoms with E-state index in [0.29, 0.717) is 12.2 Å². The number of aromatic nitrogens is 4. The van der Waals surface area contributed by atoms with Gasteiger partial charge in [-0.25, -0.2) is 4.68 Å². The zero-order chi connectivity index (χ0) is 17.1. The number of nitro groups is 1. The van der Waals surface area contributed by atoms with Gasteiger partial charge in [0.25, 0.3) is 0 Å². The SMILES string of the molecule is CCn1ncc(NC(=O)C(C)n2cc([N+](=O)[O-])c(OC)n2)c1C. The summed E-state index contributed by atoms with van der Waals surface area (Å²) in [6.45, 7) is 6.08. The lowest BCUT2D eigenvalue weighted by atomic mass is 10.3. The first-order valence-electron chi connectivity index (χ1n) is 6.99. The molecule has 2 aromatic rings. The number of nitrogens with zero attached hydrogens (tertiary/aromatic N) is 5. The molecule has 1 N–H and O–H groups in total. The Morgan fingerprint density at radius 1 is 1.57 bits per heavy atom. The molecule has 1 unspecified atom stereocenters. The number of aryl methyl sites for hydroxylation is 1. The summed E-state index contributed by atoms with van der Waals surface area (Å²) in [7, 11) is 1.28. The molecule has 0 fully saturated rings. The molecular weight excluding hydrogens is 304 g/mol. The van der Waals surface area contributed by atoms with Crippen LogP contribution in [0, 0.1) is 17.0 Å². The zero-order valence-electron chi connectivity index (χ0n) is 13.3. The quantitative estimate of drug-likeness (QED) is 0.636. The zero-order valence-corrected chi connectivity index (χ0v) is 13.3. The fourth-order valence-electron chi connectivity index (χ4n) is 2.08. The monoisotopic (exact) mass is 322 g/mol. The first-order chi connectivity index (χ1) is 10.9. The van der Waals surface area contributed by atoms with Gasteiger partial charge in [0.1, 0.15) is 12.2 Å². The topological polar surface area (TPSA) is 117 Å². The van der Waals surface area contributed by atoms with Gasteiger partial charge in [-0.05, 0) is 20.8 Å². The maximum atomic E-state index is 12.3. The highest BCUT2D eigenvalue weighted by Crippen LogP contribution is 2.26. The molecule has 2 rings (SSSR count). The van der Waals surface area contributed by atoms with Gasteiger partial charge in [-0.3, -0.25) is 19.6 Å². The third-order valence-corrected chi connectivity index (χ3v) is 3.51. The highest BCUT2D eigenvalue weighted by molar-refractivity contribution is 5.93. The molecule has 2 heterocycles.